The van der Waals surface area contributed by atoms with E-state index in [9.17, 15) is 10.2 Å². The summed E-state index contributed by atoms with van der Waals surface area (Å²) in [5.74, 6) is 1.70. The number of hydrogen-bond acceptors (Lipinski definition) is 10. The fourth-order valence-electron chi connectivity index (χ4n) is 6.33. The van der Waals surface area contributed by atoms with Crippen molar-refractivity contribution in [2.24, 2.45) is 0 Å². The van der Waals surface area contributed by atoms with Crippen LogP contribution in [-0.2, 0) is 11.2 Å². The molecule has 4 aromatic heterocycles. The fourth-order valence-corrected chi connectivity index (χ4v) is 6.63. The van der Waals surface area contributed by atoms with Crippen LogP contribution in [-0.4, -0.2) is 68.7 Å². The van der Waals surface area contributed by atoms with Crippen LogP contribution >= 0.6 is 15.9 Å². The van der Waals surface area contributed by atoms with Gasteiger partial charge in [-0.15, -0.1) is 0 Å². The fraction of sp³-hybridized carbons (Fsp3) is 0.280. The lowest BCUT2D eigenvalue weighted by Crippen LogP contribution is -2.30. The van der Waals surface area contributed by atoms with Crippen molar-refractivity contribution in [1.82, 2.24) is 29.1 Å². The van der Waals surface area contributed by atoms with Crippen molar-refractivity contribution in [3.8, 4) is 34.1 Å². The first kappa shape index (κ1) is 50.7. The van der Waals surface area contributed by atoms with Crippen LogP contribution < -0.4 is 14.9 Å². The second-order valence-electron chi connectivity index (χ2n) is 16.3. The number of pyridine rings is 2. The standard InChI is InChI=1S/C24H25N3O2.C15H14BrN3O.C9H13BO3.2CH4/c1-16(2)29-20-11-9-19(10-12-20)27-15-25-22-14-13-21(26-23(22)27)17-5-7-18(8-6-17)24(3,4)28;1-10(2)20-12-5-3-11(4-6-12)19-9-17-13-7-8-14(16)18-15(13)19;1-9(2,11)7-3-5-8(6-4-7)10(12)13;;/h5-16,28H,1-4H3;3-10H,1-2H3;3-6,11-13H,1-2H3;2*1H4. The van der Waals surface area contributed by atoms with Crippen molar-refractivity contribution < 1.29 is 29.7 Å². The minimum atomic E-state index is -1.45. The van der Waals surface area contributed by atoms with Crippen LogP contribution in [0.5, 0.6) is 11.5 Å². The summed E-state index contributed by atoms with van der Waals surface area (Å²) in [5.41, 5.74) is 7.47. The van der Waals surface area contributed by atoms with Gasteiger partial charge in [-0.2, -0.15) is 0 Å². The molecule has 4 heterocycles. The van der Waals surface area contributed by atoms with Gasteiger partial charge in [0.1, 0.15) is 39.8 Å². The first-order valence-electron chi connectivity index (χ1n) is 20.3. The molecule has 64 heavy (non-hydrogen) atoms. The summed E-state index contributed by atoms with van der Waals surface area (Å²) >= 11 is 3.39. The Morgan fingerprint density at radius 2 is 0.953 bits per heavy atom. The first-order valence-corrected chi connectivity index (χ1v) is 21.0. The normalized spacial score (nSPS) is 11.2. The highest BCUT2D eigenvalue weighted by atomic mass is 79.9. The van der Waals surface area contributed by atoms with E-state index in [2.05, 4.69) is 30.9 Å². The molecule has 0 spiro atoms. The van der Waals surface area contributed by atoms with Gasteiger partial charge in [-0.3, -0.25) is 9.13 Å². The molecule has 0 radical (unpaired) electrons. The van der Waals surface area contributed by atoms with E-state index in [1.807, 2.05) is 134 Å². The number of ether oxygens (including phenoxy) is 2. The van der Waals surface area contributed by atoms with Crippen molar-refractivity contribution in [1.29, 1.82) is 0 Å². The minimum Gasteiger partial charge on any atom is -0.491 e. The third kappa shape index (κ3) is 13.1. The lowest BCUT2D eigenvalue weighted by Gasteiger charge is -2.17. The molecule has 12 nitrogen and oxygen atoms in total. The molecule has 0 saturated heterocycles. The number of benzene rings is 4. The number of imidazole rings is 2. The molecule has 14 heteroatoms. The summed E-state index contributed by atoms with van der Waals surface area (Å²) in [6.45, 7) is 15.0. The van der Waals surface area contributed by atoms with E-state index in [1.165, 1.54) is 0 Å². The molecule has 0 saturated carbocycles. The van der Waals surface area contributed by atoms with E-state index in [1.54, 1.807) is 64.6 Å². The number of rotatable bonds is 10. The van der Waals surface area contributed by atoms with Crippen molar-refractivity contribution >= 4 is 50.8 Å². The lowest BCUT2D eigenvalue weighted by atomic mass is 9.79. The molecular weight excluding hydrogens is 871 g/mol. The summed E-state index contributed by atoms with van der Waals surface area (Å²) in [5, 5.41) is 37.4. The van der Waals surface area contributed by atoms with Crippen LogP contribution in [0.2, 0.25) is 0 Å². The maximum atomic E-state index is 10.2. The van der Waals surface area contributed by atoms with Gasteiger partial charge in [0.05, 0.1) is 29.1 Å². The highest BCUT2D eigenvalue weighted by molar-refractivity contribution is 9.10. The molecule has 4 N–H and O–H groups in total. The monoisotopic (exact) mass is 930 g/mol. The second kappa shape index (κ2) is 21.7. The Morgan fingerprint density at radius 3 is 1.36 bits per heavy atom. The molecule has 0 bridgehead atoms. The van der Waals surface area contributed by atoms with E-state index >= 15 is 0 Å². The molecule has 8 aromatic rings. The smallest absolute Gasteiger partial charge is 0.488 e. The van der Waals surface area contributed by atoms with Gasteiger partial charge in [0, 0.05) is 16.9 Å². The summed E-state index contributed by atoms with van der Waals surface area (Å²) in [4.78, 5) is 18.2. The van der Waals surface area contributed by atoms with Crippen LogP contribution in [0.1, 0.15) is 81.4 Å². The molecule has 0 aliphatic carbocycles. The third-order valence-corrected chi connectivity index (χ3v) is 9.97. The predicted octanol–water partition coefficient (Wildman–Crippen LogP) is 9.94. The Bertz CT molecular complexity index is 2690. The zero-order valence-electron chi connectivity index (χ0n) is 36.1. The molecular formula is C50H60BBrN6O6. The van der Waals surface area contributed by atoms with E-state index in [4.69, 9.17) is 24.5 Å². The van der Waals surface area contributed by atoms with Gasteiger partial charge in [0.2, 0.25) is 0 Å². The molecule has 336 valence electrons. The average molecular weight is 932 g/mol. The Kier molecular flexibility index (Phi) is 17.2. The summed E-state index contributed by atoms with van der Waals surface area (Å²) in [6, 6.07) is 38.0. The zero-order chi connectivity index (χ0) is 44.8. The lowest BCUT2D eigenvalue weighted by molar-refractivity contribution is 0.0780. The largest absolute Gasteiger partial charge is 0.491 e. The second-order valence-corrected chi connectivity index (χ2v) is 17.1. The number of nitrogens with zero attached hydrogens (tertiary/aromatic N) is 6. The van der Waals surface area contributed by atoms with Crippen LogP contribution in [0.4, 0.5) is 0 Å². The van der Waals surface area contributed by atoms with Crippen molar-refractivity contribution in [2.45, 2.75) is 93.7 Å². The molecule has 0 fully saturated rings. The zero-order valence-corrected chi connectivity index (χ0v) is 37.7. The molecule has 4 aromatic carbocycles. The Morgan fingerprint density at radius 1 is 0.547 bits per heavy atom. The topological polar surface area (TPSA) is 161 Å². The van der Waals surface area contributed by atoms with Gasteiger partial charge in [-0.1, -0.05) is 63.4 Å². The quantitative estimate of drug-likeness (QED) is 0.0768. The molecule has 0 unspecified atom stereocenters. The highest BCUT2D eigenvalue weighted by Gasteiger charge is 2.18. The highest BCUT2D eigenvalue weighted by Crippen LogP contribution is 2.27. The van der Waals surface area contributed by atoms with Crippen LogP contribution in [0.25, 0.3) is 45.0 Å². The molecule has 0 aliphatic rings. The Labute approximate surface area is 385 Å². The van der Waals surface area contributed by atoms with Gasteiger partial charge in [-0.05, 0) is 161 Å². The molecule has 0 atom stereocenters. The number of aromatic nitrogens is 6. The number of halogens is 1. The Balaban J connectivity index is 0.000000224. The first-order chi connectivity index (χ1) is 29.3. The predicted molar refractivity (Wildman–Crippen MR) is 263 cm³/mol. The Hall–Kier alpha value is -5.90. The van der Waals surface area contributed by atoms with Gasteiger partial charge >= 0.3 is 7.12 Å². The SMILES string of the molecule is C.C.CC(C)(O)c1ccc(B(O)O)cc1.CC(C)Oc1ccc(-n2cnc3ccc(-c4ccc(C(C)(C)O)cc4)nc32)cc1.CC(C)Oc1ccc(-n2cnc3ccc(Br)nc32)cc1. The summed E-state index contributed by atoms with van der Waals surface area (Å²) in [6.07, 6.45) is 3.88. The van der Waals surface area contributed by atoms with E-state index < -0.39 is 18.3 Å². The maximum Gasteiger partial charge on any atom is 0.488 e. The number of fused-ring (bicyclic) bond motifs is 2. The molecule has 0 amide bonds. The minimum absolute atomic E-state index is 0. The summed E-state index contributed by atoms with van der Waals surface area (Å²) < 4.78 is 16.1. The van der Waals surface area contributed by atoms with Crippen molar-refractivity contribution in [2.75, 3.05) is 0 Å². The van der Waals surface area contributed by atoms with Crippen LogP contribution in [0, 0.1) is 0 Å². The molecule has 8 rings (SSSR count). The van der Waals surface area contributed by atoms with Gasteiger partial charge < -0.3 is 29.7 Å². The van der Waals surface area contributed by atoms with Crippen molar-refractivity contribution in [3.63, 3.8) is 0 Å². The average Bonchev–Trinajstić information content (AvgIpc) is 3.85. The van der Waals surface area contributed by atoms with Gasteiger partial charge in [0.15, 0.2) is 11.3 Å². The maximum absolute atomic E-state index is 10.2. The summed E-state index contributed by atoms with van der Waals surface area (Å²) in [7, 11) is -1.45. The van der Waals surface area contributed by atoms with Crippen LogP contribution in [0.15, 0.2) is 139 Å². The van der Waals surface area contributed by atoms with Gasteiger partial charge in [-0.25, -0.2) is 19.9 Å². The third-order valence-electron chi connectivity index (χ3n) is 9.53. The van der Waals surface area contributed by atoms with Crippen molar-refractivity contribution in [3.05, 3.63) is 150 Å². The number of hydrogen-bond donors (Lipinski definition) is 4. The molecule has 0 aliphatic heterocycles. The number of aliphatic hydroxyl groups is 2. The van der Waals surface area contributed by atoms with E-state index in [0.29, 0.717) is 5.46 Å². The van der Waals surface area contributed by atoms with E-state index in [0.717, 1.165) is 72.2 Å². The van der Waals surface area contributed by atoms with E-state index in [-0.39, 0.29) is 27.1 Å². The van der Waals surface area contributed by atoms with Crippen LogP contribution in [0.3, 0.4) is 0 Å². The van der Waals surface area contributed by atoms with Gasteiger partial charge in [0.25, 0.3) is 0 Å².